The van der Waals surface area contributed by atoms with Gasteiger partial charge in [-0.3, -0.25) is 0 Å². The van der Waals surface area contributed by atoms with E-state index in [1.165, 1.54) is 0 Å². The average Bonchev–Trinajstić information content (AvgIpc) is 3.17. The zero-order valence-corrected chi connectivity index (χ0v) is 16.7. The molecule has 0 atom stereocenters. The van der Waals surface area contributed by atoms with Gasteiger partial charge in [-0.25, -0.2) is 9.67 Å². The number of hydrogen-bond donors (Lipinski definition) is 0. The lowest BCUT2D eigenvalue weighted by molar-refractivity contribution is 0.302. The predicted octanol–water partition coefficient (Wildman–Crippen LogP) is 6.30. The number of benzene rings is 3. The SMILES string of the molecule is Clc1ccc2c(c1)-c1nc3c(cc1CO2)c(-c1ccccc1)nn3-c1ccccc1. The van der Waals surface area contributed by atoms with Crippen LogP contribution in [0.5, 0.6) is 5.75 Å². The molecule has 4 nitrogen and oxygen atoms in total. The van der Waals surface area contributed by atoms with Gasteiger partial charge in [0, 0.05) is 27.1 Å². The number of rotatable bonds is 2. The average molecular weight is 410 g/mol. The van der Waals surface area contributed by atoms with E-state index in [9.17, 15) is 0 Å². The van der Waals surface area contributed by atoms with E-state index in [-0.39, 0.29) is 0 Å². The first kappa shape index (κ1) is 17.2. The van der Waals surface area contributed by atoms with Crippen molar-refractivity contribution >= 4 is 22.6 Å². The summed E-state index contributed by atoms with van der Waals surface area (Å²) in [6.07, 6.45) is 0. The van der Waals surface area contributed by atoms with Crippen LogP contribution in [-0.2, 0) is 6.61 Å². The number of para-hydroxylation sites is 1. The van der Waals surface area contributed by atoms with Crippen LogP contribution in [-0.4, -0.2) is 14.8 Å². The fourth-order valence-electron chi connectivity index (χ4n) is 3.95. The lowest BCUT2D eigenvalue weighted by Gasteiger charge is -2.20. The second-order valence-electron chi connectivity index (χ2n) is 7.26. The van der Waals surface area contributed by atoms with Crippen molar-refractivity contribution in [2.45, 2.75) is 6.61 Å². The number of ether oxygens (including phenoxy) is 1. The summed E-state index contributed by atoms with van der Waals surface area (Å²) in [7, 11) is 0. The van der Waals surface area contributed by atoms with Crippen molar-refractivity contribution < 1.29 is 4.74 Å². The van der Waals surface area contributed by atoms with Crippen molar-refractivity contribution in [1.82, 2.24) is 14.8 Å². The second kappa shape index (κ2) is 6.71. The van der Waals surface area contributed by atoms with Crippen LogP contribution in [0.25, 0.3) is 39.2 Å². The smallest absolute Gasteiger partial charge is 0.164 e. The van der Waals surface area contributed by atoms with Gasteiger partial charge in [0.15, 0.2) is 5.65 Å². The summed E-state index contributed by atoms with van der Waals surface area (Å²) in [5, 5.41) is 6.62. The summed E-state index contributed by atoms with van der Waals surface area (Å²) in [6, 6.07) is 28.1. The van der Waals surface area contributed by atoms with E-state index in [2.05, 4.69) is 18.2 Å². The third-order valence-electron chi connectivity index (χ3n) is 5.36. The van der Waals surface area contributed by atoms with Crippen LogP contribution in [0.4, 0.5) is 0 Å². The van der Waals surface area contributed by atoms with Crippen molar-refractivity contribution in [3.05, 3.63) is 95.5 Å². The molecule has 0 amide bonds. The van der Waals surface area contributed by atoms with Crippen molar-refractivity contribution in [3.63, 3.8) is 0 Å². The molecule has 0 aliphatic carbocycles. The molecule has 0 saturated heterocycles. The van der Waals surface area contributed by atoms with Crippen molar-refractivity contribution in [3.8, 4) is 34.0 Å². The van der Waals surface area contributed by atoms with Gasteiger partial charge >= 0.3 is 0 Å². The summed E-state index contributed by atoms with van der Waals surface area (Å²) >= 11 is 6.27. The molecule has 0 radical (unpaired) electrons. The molecule has 0 fully saturated rings. The second-order valence-corrected chi connectivity index (χ2v) is 7.69. The standard InChI is InChI=1S/C25H16ClN3O/c26-18-11-12-22-20(14-18)23-17(15-30-22)13-21-24(16-7-3-1-4-8-16)28-29(25(21)27-23)19-9-5-2-6-10-19/h1-14H,15H2. The van der Waals surface area contributed by atoms with Crippen LogP contribution in [0.2, 0.25) is 5.02 Å². The van der Waals surface area contributed by atoms with Gasteiger partial charge < -0.3 is 4.74 Å². The molecule has 144 valence electrons. The van der Waals surface area contributed by atoms with Gasteiger partial charge in [-0.2, -0.15) is 5.10 Å². The number of pyridine rings is 1. The van der Waals surface area contributed by atoms with E-state index in [4.69, 9.17) is 26.4 Å². The molecular formula is C25H16ClN3O. The molecule has 6 rings (SSSR count). The fourth-order valence-corrected chi connectivity index (χ4v) is 4.12. The Morgan fingerprint density at radius 2 is 1.60 bits per heavy atom. The number of aromatic nitrogens is 3. The number of halogens is 1. The van der Waals surface area contributed by atoms with E-state index in [0.29, 0.717) is 11.6 Å². The minimum atomic E-state index is 0.470. The first-order valence-electron chi connectivity index (χ1n) is 9.74. The van der Waals surface area contributed by atoms with Gasteiger partial charge in [-0.1, -0.05) is 60.1 Å². The van der Waals surface area contributed by atoms with Gasteiger partial charge in [-0.15, -0.1) is 0 Å². The Labute approximate surface area is 178 Å². The van der Waals surface area contributed by atoms with Crippen molar-refractivity contribution in [2.75, 3.05) is 0 Å². The Morgan fingerprint density at radius 1 is 0.833 bits per heavy atom. The molecule has 0 unspecified atom stereocenters. The largest absolute Gasteiger partial charge is 0.488 e. The number of hydrogen-bond acceptors (Lipinski definition) is 3. The third kappa shape index (κ3) is 2.69. The summed E-state index contributed by atoms with van der Waals surface area (Å²) in [6.45, 7) is 0.470. The third-order valence-corrected chi connectivity index (χ3v) is 5.60. The number of nitrogens with zero attached hydrogens (tertiary/aromatic N) is 3. The van der Waals surface area contributed by atoms with Crippen LogP contribution in [0.3, 0.4) is 0 Å². The van der Waals surface area contributed by atoms with Crippen molar-refractivity contribution in [1.29, 1.82) is 0 Å². The Bertz CT molecular complexity index is 1390. The summed E-state index contributed by atoms with van der Waals surface area (Å²) in [5.41, 5.74) is 6.57. The van der Waals surface area contributed by atoms with Gasteiger partial charge in [0.25, 0.3) is 0 Å². The normalized spacial score (nSPS) is 12.3. The molecule has 3 aromatic carbocycles. The maximum Gasteiger partial charge on any atom is 0.164 e. The van der Waals surface area contributed by atoms with Crippen LogP contribution in [0, 0.1) is 0 Å². The highest BCUT2D eigenvalue weighted by Gasteiger charge is 2.23. The minimum absolute atomic E-state index is 0.470. The Balaban J connectivity index is 1.68. The van der Waals surface area contributed by atoms with Gasteiger partial charge in [0.2, 0.25) is 0 Å². The quantitative estimate of drug-likeness (QED) is 0.343. The molecule has 1 aliphatic heterocycles. The Morgan fingerprint density at radius 3 is 2.40 bits per heavy atom. The highest BCUT2D eigenvalue weighted by atomic mass is 35.5. The van der Waals surface area contributed by atoms with Crippen LogP contribution in [0.15, 0.2) is 84.9 Å². The predicted molar refractivity (Wildman–Crippen MR) is 119 cm³/mol. The lowest BCUT2D eigenvalue weighted by atomic mass is 10.0. The molecule has 5 aromatic rings. The fraction of sp³-hybridized carbons (Fsp3) is 0.0400. The summed E-state index contributed by atoms with van der Waals surface area (Å²) < 4.78 is 7.88. The monoisotopic (exact) mass is 409 g/mol. The van der Waals surface area contributed by atoms with E-state index >= 15 is 0 Å². The first-order chi connectivity index (χ1) is 14.8. The molecule has 3 heterocycles. The molecule has 2 aromatic heterocycles. The molecule has 30 heavy (non-hydrogen) atoms. The van der Waals surface area contributed by atoms with Crippen molar-refractivity contribution in [2.24, 2.45) is 0 Å². The van der Waals surface area contributed by atoms with E-state index in [1.54, 1.807) is 0 Å². The van der Waals surface area contributed by atoms with Gasteiger partial charge in [0.1, 0.15) is 18.1 Å². The van der Waals surface area contributed by atoms with Gasteiger partial charge in [-0.05, 0) is 36.4 Å². The highest BCUT2D eigenvalue weighted by Crippen LogP contribution is 2.40. The lowest BCUT2D eigenvalue weighted by Crippen LogP contribution is -2.08. The minimum Gasteiger partial charge on any atom is -0.488 e. The topological polar surface area (TPSA) is 39.9 Å². The molecule has 0 spiro atoms. The Kier molecular flexibility index (Phi) is 3.86. The summed E-state index contributed by atoms with van der Waals surface area (Å²) in [4.78, 5) is 5.08. The number of fused-ring (bicyclic) bond motifs is 4. The molecule has 0 N–H and O–H groups in total. The van der Waals surface area contributed by atoms with Crippen LogP contribution < -0.4 is 4.74 Å². The molecule has 0 saturated carbocycles. The molecule has 1 aliphatic rings. The summed E-state index contributed by atoms with van der Waals surface area (Å²) in [5.74, 6) is 0.799. The van der Waals surface area contributed by atoms with E-state index in [1.807, 2.05) is 71.4 Å². The van der Waals surface area contributed by atoms with E-state index in [0.717, 1.165) is 50.5 Å². The first-order valence-corrected chi connectivity index (χ1v) is 10.1. The molecule has 5 heteroatoms. The van der Waals surface area contributed by atoms with Crippen LogP contribution >= 0.6 is 11.6 Å². The zero-order valence-electron chi connectivity index (χ0n) is 15.9. The van der Waals surface area contributed by atoms with Gasteiger partial charge in [0.05, 0.1) is 11.4 Å². The highest BCUT2D eigenvalue weighted by molar-refractivity contribution is 6.31. The maximum atomic E-state index is 6.27. The van der Waals surface area contributed by atoms with E-state index < -0.39 is 0 Å². The zero-order chi connectivity index (χ0) is 20.1. The van der Waals surface area contributed by atoms with Crippen LogP contribution in [0.1, 0.15) is 5.56 Å². The molecular weight excluding hydrogens is 394 g/mol. The Hall–Kier alpha value is -3.63. The molecule has 0 bridgehead atoms. The maximum absolute atomic E-state index is 6.27.